The van der Waals surface area contributed by atoms with Crippen LogP contribution in [-0.2, 0) is 13.0 Å². The monoisotopic (exact) mass is 499 g/mol. The maximum atomic E-state index is 5.48. The molecule has 0 atom stereocenters. The molecule has 6 nitrogen and oxygen atoms in total. The van der Waals surface area contributed by atoms with E-state index in [0.717, 1.165) is 42.3 Å². The van der Waals surface area contributed by atoms with Gasteiger partial charge in [-0.25, -0.2) is 4.99 Å². The number of benzene rings is 2. The summed E-state index contributed by atoms with van der Waals surface area (Å²) >= 11 is 0. The molecule has 28 heavy (non-hydrogen) atoms. The summed E-state index contributed by atoms with van der Waals surface area (Å²) in [5.74, 6) is 3.09. The highest BCUT2D eigenvalue weighted by Crippen LogP contribution is 2.31. The molecule has 0 aliphatic carbocycles. The normalized spacial score (nSPS) is 10.6. The first-order chi connectivity index (χ1) is 13.2. The molecule has 0 saturated carbocycles. The third kappa shape index (κ3) is 6.78. The highest BCUT2D eigenvalue weighted by molar-refractivity contribution is 14.0. The van der Waals surface area contributed by atoms with Gasteiger partial charge in [0.2, 0.25) is 0 Å². The fourth-order valence-corrected chi connectivity index (χ4v) is 2.81. The molecule has 0 aliphatic rings. The van der Waals surface area contributed by atoms with Crippen LogP contribution >= 0.6 is 24.0 Å². The minimum atomic E-state index is 0. The molecule has 0 amide bonds. The van der Waals surface area contributed by atoms with E-state index >= 15 is 0 Å². The summed E-state index contributed by atoms with van der Waals surface area (Å²) in [6.45, 7) is 4.07. The van der Waals surface area contributed by atoms with E-state index in [9.17, 15) is 0 Å². The van der Waals surface area contributed by atoms with Crippen LogP contribution in [0.5, 0.6) is 17.2 Å². The Bertz CT molecular complexity index is 753. The maximum absolute atomic E-state index is 5.48. The zero-order valence-corrected chi connectivity index (χ0v) is 19.3. The Morgan fingerprint density at radius 3 is 2.21 bits per heavy atom. The zero-order chi connectivity index (χ0) is 19.5. The molecule has 0 radical (unpaired) electrons. The fraction of sp³-hybridized carbons (Fsp3) is 0.381. The lowest BCUT2D eigenvalue weighted by Crippen LogP contribution is -2.38. The van der Waals surface area contributed by atoms with E-state index < -0.39 is 0 Å². The second kappa shape index (κ2) is 13.1. The van der Waals surface area contributed by atoms with Gasteiger partial charge in [-0.3, -0.25) is 0 Å². The van der Waals surface area contributed by atoms with Crippen molar-refractivity contribution in [1.82, 2.24) is 10.6 Å². The summed E-state index contributed by atoms with van der Waals surface area (Å²) in [6, 6.07) is 13.9. The molecular formula is C21H30IN3O3. The van der Waals surface area contributed by atoms with Gasteiger partial charge in [0.1, 0.15) is 5.75 Å². The van der Waals surface area contributed by atoms with Crippen molar-refractivity contribution >= 4 is 29.9 Å². The number of aliphatic imine (C=N–C) groups is 1. The first kappa shape index (κ1) is 23.9. The van der Waals surface area contributed by atoms with Crippen LogP contribution in [0.15, 0.2) is 47.5 Å². The number of hydrogen-bond donors (Lipinski definition) is 2. The topological polar surface area (TPSA) is 64.1 Å². The Balaban J connectivity index is 0.00000392. The number of methoxy groups -OCH3 is 3. The van der Waals surface area contributed by atoms with E-state index in [-0.39, 0.29) is 24.0 Å². The van der Waals surface area contributed by atoms with Crippen LogP contribution in [-0.4, -0.2) is 40.4 Å². The minimum Gasteiger partial charge on any atom is -0.496 e. The predicted molar refractivity (Wildman–Crippen MR) is 124 cm³/mol. The van der Waals surface area contributed by atoms with Crippen molar-refractivity contribution < 1.29 is 14.2 Å². The number of halogens is 1. The standard InChI is InChI=1S/C21H29N3O3.HI/c1-5-22-21(23-14-13-16-9-6-7-11-18(16)25-2)24-15-17-10-8-12-19(26-3)20(17)27-4;/h6-12H,5,13-15H2,1-4H3,(H2,22,23,24);1H. The third-order valence-electron chi connectivity index (χ3n) is 4.12. The highest BCUT2D eigenvalue weighted by atomic mass is 127. The lowest BCUT2D eigenvalue weighted by molar-refractivity contribution is 0.352. The Kier molecular flexibility index (Phi) is 11.2. The van der Waals surface area contributed by atoms with Crippen LogP contribution in [0.4, 0.5) is 0 Å². The van der Waals surface area contributed by atoms with Crippen LogP contribution in [0.1, 0.15) is 18.1 Å². The number of rotatable bonds is 9. The SMILES string of the molecule is CCNC(=NCc1cccc(OC)c1OC)NCCc1ccccc1OC.I. The Morgan fingerprint density at radius 1 is 0.857 bits per heavy atom. The Hall–Kier alpha value is -2.16. The van der Waals surface area contributed by atoms with Crippen molar-refractivity contribution in [2.45, 2.75) is 19.9 Å². The number of para-hydroxylation sites is 2. The molecule has 0 aliphatic heterocycles. The molecule has 0 heterocycles. The van der Waals surface area contributed by atoms with E-state index in [4.69, 9.17) is 14.2 Å². The lowest BCUT2D eigenvalue weighted by atomic mass is 10.1. The molecule has 2 aromatic carbocycles. The van der Waals surface area contributed by atoms with Crippen LogP contribution in [0.25, 0.3) is 0 Å². The van der Waals surface area contributed by atoms with Gasteiger partial charge in [0, 0.05) is 18.7 Å². The van der Waals surface area contributed by atoms with E-state index in [1.807, 2.05) is 43.3 Å². The van der Waals surface area contributed by atoms with Crippen molar-refractivity contribution in [3.05, 3.63) is 53.6 Å². The van der Waals surface area contributed by atoms with Gasteiger partial charge in [0.15, 0.2) is 17.5 Å². The van der Waals surface area contributed by atoms with Gasteiger partial charge in [-0.15, -0.1) is 24.0 Å². The molecule has 2 N–H and O–H groups in total. The van der Waals surface area contributed by atoms with Gasteiger partial charge in [0.05, 0.1) is 27.9 Å². The summed E-state index contributed by atoms with van der Waals surface area (Å²) in [5, 5.41) is 6.64. The quantitative estimate of drug-likeness (QED) is 0.314. The van der Waals surface area contributed by atoms with Crippen LogP contribution in [0.2, 0.25) is 0 Å². The molecular weight excluding hydrogens is 469 g/mol. The number of ether oxygens (including phenoxy) is 3. The van der Waals surface area contributed by atoms with Gasteiger partial charge < -0.3 is 24.8 Å². The average molecular weight is 499 g/mol. The molecule has 0 aromatic heterocycles. The van der Waals surface area contributed by atoms with E-state index in [0.29, 0.717) is 18.0 Å². The van der Waals surface area contributed by atoms with Crippen LogP contribution in [0, 0.1) is 0 Å². The summed E-state index contributed by atoms with van der Waals surface area (Å²) < 4.78 is 16.2. The largest absolute Gasteiger partial charge is 0.496 e. The van der Waals surface area contributed by atoms with Gasteiger partial charge in [-0.1, -0.05) is 30.3 Å². The molecule has 2 aromatic rings. The molecule has 7 heteroatoms. The molecule has 0 unspecified atom stereocenters. The van der Waals surface area contributed by atoms with Crippen molar-refractivity contribution in [2.24, 2.45) is 4.99 Å². The first-order valence-corrected chi connectivity index (χ1v) is 9.07. The summed E-state index contributed by atoms with van der Waals surface area (Å²) in [6.07, 6.45) is 0.844. The molecule has 0 saturated heterocycles. The first-order valence-electron chi connectivity index (χ1n) is 9.07. The summed E-state index contributed by atoms with van der Waals surface area (Å²) in [4.78, 5) is 4.67. The number of nitrogens with zero attached hydrogens (tertiary/aromatic N) is 1. The van der Waals surface area contributed by atoms with Gasteiger partial charge in [-0.2, -0.15) is 0 Å². The van der Waals surface area contributed by atoms with E-state index in [1.54, 1.807) is 21.3 Å². The van der Waals surface area contributed by atoms with Gasteiger partial charge in [-0.05, 0) is 31.0 Å². The molecule has 0 spiro atoms. The maximum Gasteiger partial charge on any atom is 0.191 e. The van der Waals surface area contributed by atoms with Crippen LogP contribution < -0.4 is 24.8 Å². The third-order valence-corrected chi connectivity index (χ3v) is 4.12. The number of nitrogens with one attached hydrogen (secondary N) is 2. The van der Waals surface area contributed by atoms with Crippen molar-refractivity contribution in [3.8, 4) is 17.2 Å². The molecule has 0 bridgehead atoms. The number of hydrogen-bond acceptors (Lipinski definition) is 4. The summed E-state index contributed by atoms with van der Waals surface area (Å²) in [5.41, 5.74) is 2.14. The predicted octanol–water partition coefficient (Wildman–Crippen LogP) is 3.63. The second-order valence-electron chi connectivity index (χ2n) is 5.84. The zero-order valence-electron chi connectivity index (χ0n) is 17.0. The Morgan fingerprint density at radius 2 is 1.54 bits per heavy atom. The van der Waals surface area contributed by atoms with E-state index in [2.05, 4.69) is 21.7 Å². The van der Waals surface area contributed by atoms with Crippen molar-refractivity contribution in [3.63, 3.8) is 0 Å². The van der Waals surface area contributed by atoms with Gasteiger partial charge >= 0.3 is 0 Å². The molecule has 0 fully saturated rings. The lowest BCUT2D eigenvalue weighted by Gasteiger charge is -2.14. The Labute approximate surface area is 184 Å². The van der Waals surface area contributed by atoms with Crippen LogP contribution in [0.3, 0.4) is 0 Å². The minimum absolute atomic E-state index is 0. The summed E-state index contributed by atoms with van der Waals surface area (Å²) in [7, 11) is 4.97. The van der Waals surface area contributed by atoms with Crippen molar-refractivity contribution in [2.75, 3.05) is 34.4 Å². The highest BCUT2D eigenvalue weighted by Gasteiger charge is 2.09. The fourth-order valence-electron chi connectivity index (χ4n) is 2.81. The number of guanidine groups is 1. The molecule has 154 valence electrons. The average Bonchev–Trinajstić information content (AvgIpc) is 2.71. The smallest absolute Gasteiger partial charge is 0.191 e. The van der Waals surface area contributed by atoms with Crippen molar-refractivity contribution in [1.29, 1.82) is 0 Å². The molecule has 2 rings (SSSR count). The van der Waals surface area contributed by atoms with Gasteiger partial charge in [0.25, 0.3) is 0 Å². The van der Waals surface area contributed by atoms with E-state index in [1.165, 1.54) is 0 Å². The second-order valence-corrected chi connectivity index (χ2v) is 5.84.